The molecule has 0 saturated carbocycles. The molecule has 27 heavy (non-hydrogen) atoms. The zero-order valence-electron chi connectivity index (χ0n) is 14.9. The first-order valence-corrected chi connectivity index (χ1v) is 10.7. The normalized spacial score (nSPS) is 16.8. The van der Waals surface area contributed by atoms with Crippen molar-refractivity contribution in [2.75, 3.05) is 29.9 Å². The van der Waals surface area contributed by atoms with Crippen LogP contribution in [-0.2, 0) is 16.3 Å². The number of benzene rings is 1. The fourth-order valence-electron chi connectivity index (χ4n) is 3.26. The van der Waals surface area contributed by atoms with E-state index < -0.39 is 21.0 Å². The van der Waals surface area contributed by atoms with E-state index in [2.05, 4.69) is 20.6 Å². The van der Waals surface area contributed by atoms with E-state index in [1.54, 1.807) is 0 Å². The molecule has 146 valence electrons. The van der Waals surface area contributed by atoms with Gasteiger partial charge in [0.2, 0.25) is 5.95 Å². The van der Waals surface area contributed by atoms with Crippen molar-refractivity contribution in [3.05, 3.63) is 47.9 Å². The molecular weight excluding hydrogens is 369 g/mol. The molecule has 1 aliphatic rings. The minimum absolute atomic E-state index is 0.00921. The van der Waals surface area contributed by atoms with Gasteiger partial charge in [-0.3, -0.25) is 0 Å². The predicted octanol–water partition coefficient (Wildman–Crippen LogP) is 1.59. The van der Waals surface area contributed by atoms with Crippen LogP contribution in [-0.4, -0.2) is 42.6 Å². The van der Waals surface area contributed by atoms with Crippen molar-refractivity contribution in [3.63, 3.8) is 0 Å². The molecule has 2 aromatic rings. The van der Waals surface area contributed by atoms with E-state index in [1.165, 1.54) is 0 Å². The number of aromatic nitrogens is 2. The Morgan fingerprint density at radius 1 is 1.26 bits per heavy atom. The highest BCUT2D eigenvalue weighted by molar-refractivity contribution is 7.92. The Bertz CT molecular complexity index is 857. The number of hydrogen-bond acceptors (Lipinski definition) is 7. The summed E-state index contributed by atoms with van der Waals surface area (Å²) in [5.41, 5.74) is 6.46. The third kappa shape index (κ3) is 5.14. The van der Waals surface area contributed by atoms with Crippen molar-refractivity contribution in [2.45, 2.75) is 24.6 Å². The van der Waals surface area contributed by atoms with E-state index in [9.17, 15) is 12.8 Å². The maximum atomic E-state index is 13.3. The van der Waals surface area contributed by atoms with Crippen LogP contribution in [0.5, 0.6) is 0 Å². The molecule has 1 aliphatic heterocycles. The molecule has 7 nitrogen and oxygen atoms in total. The standard InChI is InChI=1S/C18H24FN5O2S/c19-15-12-22-18(23-16(15)20)24-17(14-6-9-21-10-7-14)27(25,26)11-8-13-4-2-1-3-5-13/h1-5,12,14,17,21H,6-11H2,(H3,20,22,23,24). The first-order valence-electron chi connectivity index (χ1n) is 8.96. The van der Waals surface area contributed by atoms with Gasteiger partial charge in [0, 0.05) is 0 Å². The topological polar surface area (TPSA) is 110 Å². The second-order valence-corrected chi connectivity index (χ2v) is 8.92. The van der Waals surface area contributed by atoms with Crippen LogP contribution in [0.1, 0.15) is 18.4 Å². The van der Waals surface area contributed by atoms with E-state index in [0.717, 1.165) is 37.7 Å². The summed E-state index contributed by atoms with van der Waals surface area (Å²) in [6, 6.07) is 9.49. The Morgan fingerprint density at radius 3 is 2.63 bits per heavy atom. The molecule has 1 aromatic heterocycles. The minimum atomic E-state index is -3.49. The first-order chi connectivity index (χ1) is 13.0. The van der Waals surface area contributed by atoms with Gasteiger partial charge in [0.15, 0.2) is 21.5 Å². The highest BCUT2D eigenvalue weighted by Crippen LogP contribution is 2.25. The molecule has 0 radical (unpaired) electrons. The summed E-state index contributed by atoms with van der Waals surface area (Å²) in [7, 11) is -3.49. The lowest BCUT2D eigenvalue weighted by atomic mass is 9.98. The van der Waals surface area contributed by atoms with Gasteiger partial charge in [-0.2, -0.15) is 4.98 Å². The fourth-order valence-corrected chi connectivity index (χ4v) is 5.17. The number of aryl methyl sites for hydroxylation is 1. The van der Waals surface area contributed by atoms with E-state index in [-0.39, 0.29) is 23.4 Å². The molecule has 0 spiro atoms. The van der Waals surface area contributed by atoms with Gasteiger partial charge >= 0.3 is 0 Å². The number of sulfone groups is 1. The number of anilines is 2. The monoisotopic (exact) mass is 393 g/mol. The predicted molar refractivity (Wildman–Crippen MR) is 103 cm³/mol. The van der Waals surface area contributed by atoms with E-state index in [1.807, 2.05) is 30.3 Å². The van der Waals surface area contributed by atoms with E-state index >= 15 is 0 Å². The Balaban J connectivity index is 1.80. The highest BCUT2D eigenvalue weighted by atomic mass is 32.2. The van der Waals surface area contributed by atoms with Crippen LogP contribution in [0.15, 0.2) is 36.5 Å². The molecule has 0 aliphatic carbocycles. The summed E-state index contributed by atoms with van der Waals surface area (Å²) in [5, 5.41) is 5.30. The third-order valence-corrected chi connectivity index (χ3v) is 6.81. The number of rotatable bonds is 7. The van der Waals surface area contributed by atoms with Crippen molar-refractivity contribution >= 4 is 21.6 Å². The molecular formula is C18H24FN5O2S. The van der Waals surface area contributed by atoms with E-state index in [4.69, 9.17) is 5.73 Å². The average molecular weight is 393 g/mol. The smallest absolute Gasteiger partial charge is 0.225 e. The summed E-state index contributed by atoms with van der Waals surface area (Å²) in [6.45, 7) is 1.51. The number of piperidine rings is 1. The van der Waals surface area contributed by atoms with Gasteiger partial charge in [-0.25, -0.2) is 17.8 Å². The summed E-state index contributed by atoms with van der Waals surface area (Å²) in [6.07, 6.45) is 2.82. The van der Waals surface area contributed by atoms with Crippen LogP contribution in [0.25, 0.3) is 0 Å². The van der Waals surface area contributed by atoms with Crippen LogP contribution < -0.4 is 16.4 Å². The number of hydrogen-bond donors (Lipinski definition) is 3. The molecule has 0 bridgehead atoms. The van der Waals surface area contributed by atoms with Gasteiger partial charge < -0.3 is 16.4 Å². The first kappa shape index (κ1) is 19.5. The number of nitrogens with two attached hydrogens (primary N) is 1. The largest absolute Gasteiger partial charge is 0.381 e. The molecule has 0 amide bonds. The number of nitrogens with one attached hydrogen (secondary N) is 2. The van der Waals surface area contributed by atoms with Crippen LogP contribution in [0.2, 0.25) is 0 Å². The average Bonchev–Trinajstić information content (AvgIpc) is 2.68. The summed E-state index contributed by atoms with van der Waals surface area (Å²) < 4.78 is 39.6. The molecule has 1 unspecified atom stereocenters. The molecule has 1 aromatic carbocycles. The van der Waals surface area contributed by atoms with Gasteiger partial charge in [-0.05, 0) is 43.8 Å². The number of halogens is 1. The van der Waals surface area contributed by atoms with Gasteiger partial charge in [0.1, 0.15) is 5.37 Å². The Labute approximate surface area is 158 Å². The third-order valence-electron chi connectivity index (χ3n) is 4.76. The van der Waals surface area contributed by atoms with Crippen molar-refractivity contribution in [3.8, 4) is 0 Å². The summed E-state index contributed by atoms with van der Waals surface area (Å²) >= 11 is 0. The zero-order valence-corrected chi connectivity index (χ0v) is 15.8. The van der Waals surface area contributed by atoms with Crippen LogP contribution in [0.4, 0.5) is 16.2 Å². The SMILES string of the molecule is Nc1nc(NC(C2CCNCC2)S(=O)(=O)CCc2ccccc2)ncc1F. The molecule has 2 heterocycles. The quantitative estimate of drug-likeness (QED) is 0.655. The molecule has 1 atom stereocenters. The second-order valence-electron chi connectivity index (χ2n) is 6.68. The molecule has 1 saturated heterocycles. The molecule has 4 N–H and O–H groups in total. The number of nitrogen functional groups attached to an aromatic ring is 1. The minimum Gasteiger partial charge on any atom is -0.381 e. The van der Waals surface area contributed by atoms with E-state index in [0.29, 0.717) is 6.42 Å². The fraction of sp³-hybridized carbons (Fsp3) is 0.444. The Kier molecular flexibility index (Phi) is 6.22. The van der Waals surface area contributed by atoms with Crippen LogP contribution in [0.3, 0.4) is 0 Å². The van der Waals surface area contributed by atoms with Crippen LogP contribution >= 0.6 is 0 Å². The van der Waals surface area contributed by atoms with Gasteiger partial charge in [-0.1, -0.05) is 30.3 Å². The molecule has 1 fully saturated rings. The van der Waals surface area contributed by atoms with Crippen molar-refractivity contribution in [2.24, 2.45) is 5.92 Å². The van der Waals surface area contributed by atoms with Gasteiger partial charge in [0.05, 0.1) is 11.9 Å². The molecule has 3 rings (SSSR count). The maximum Gasteiger partial charge on any atom is 0.225 e. The summed E-state index contributed by atoms with van der Waals surface area (Å²) in [5.74, 6) is -1.08. The zero-order chi connectivity index (χ0) is 19.3. The highest BCUT2D eigenvalue weighted by Gasteiger charge is 2.34. The van der Waals surface area contributed by atoms with Gasteiger partial charge in [0.25, 0.3) is 0 Å². The Morgan fingerprint density at radius 2 is 1.96 bits per heavy atom. The summed E-state index contributed by atoms with van der Waals surface area (Å²) in [4.78, 5) is 7.69. The lowest BCUT2D eigenvalue weighted by Crippen LogP contribution is -2.44. The lowest BCUT2D eigenvalue weighted by molar-refractivity contribution is 0.366. The van der Waals surface area contributed by atoms with Crippen molar-refractivity contribution in [1.82, 2.24) is 15.3 Å². The Hall–Kier alpha value is -2.26. The van der Waals surface area contributed by atoms with Crippen molar-refractivity contribution < 1.29 is 12.8 Å². The maximum absolute atomic E-state index is 13.3. The van der Waals surface area contributed by atoms with Gasteiger partial charge in [-0.15, -0.1) is 0 Å². The van der Waals surface area contributed by atoms with Crippen LogP contribution in [0, 0.1) is 11.7 Å². The second kappa shape index (κ2) is 8.62. The van der Waals surface area contributed by atoms with Crippen molar-refractivity contribution in [1.29, 1.82) is 0 Å². The molecule has 9 heteroatoms. The lowest BCUT2D eigenvalue weighted by Gasteiger charge is -2.31. The number of nitrogens with zero attached hydrogens (tertiary/aromatic N) is 2.